The molecule has 1 amide bonds. The van der Waals surface area contributed by atoms with Gasteiger partial charge in [-0.1, -0.05) is 13.0 Å². The van der Waals surface area contributed by atoms with E-state index in [0.29, 0.717) is 5.75 Å². The average Bonchev–Trinajstić information content (AvgIpc) is 3.09. The molecule has 0 saturated carbocycles. The first-order chi connectivity index (χ1) is 13.1. The number of carbonyl (C=O) groups is 1. The Kier molecular flexibility index (Phi) is 7.50. The third-order valence-corrected chi connectivity index (χ3v) is 5.15. The standard InChI is InChI=1S/C12H15NO6S.C6H13NO/c1-12(2,3)19-11(14)13-20(15,16)9-6-4-5-8-10(9)18-7-17-8;1-2-7-3-5-8-6-4-7/h4-6H,7H2,1-3H3,(H,13,14);2-6H2,1H3. The number of carbonyl (C=O) groups excluding carboxylic acids is 1. The number of amides is 1. The second-order valence-electron chi connectivity index (χ2n) is 7.14. The number of hydrogen-bond donors (Lipinski definition) is 1. The molecule has 0 aliphatic carbocycles. The average molecular weight is 416 g/mol. The lowest BCUT2D eigenvalue weighted by molar-refractivity contribution is 0.0405. The van der Waals surface area contributed by atoms with E-state index in [-0.39, 0.29) is 17.4 Å². The molecule has 10 heteroatoms. The molecule has 2 aliphatic heterocycles. The van der Waals surface area contributed by atoms with Crippen molar-refractivity contribution in [3.8, 4) is 11.5 Å². The highest BCUT2D eigenvalue weighted by Crippen LogP contribution is 2.37. The summed E-state index contributed by atoms with van der Waals surface area (Å²) in [5.41, 5.74) is -0.794. The van der Waals surface area contributed by atoms with Crippen LogP contribution in [0, 0.1) is 0 Å². The first-order valence-electron chi connectivity index (χ1n) is 9.07. The first kappa shape index (κ1) is 22.3. The number of morpholine rings is 1. The molecule has 1 N–H and O–H groups in total. The van der Waals surface area contributed by atoms with Crippen LogP contribution in [0.4, 0.5) is 4.79 Å². The highest BCUT2D eigenvalue weighted by molar-refractivity contribution is 7.90. The fourth-order valence-electron chi connectivity index (χ4n) is 2.50. The van der Waals surface area contributed by atoms with Gasteiger partial charge in [-0.3, -0.25) is 4.90 Å². The molecule has 0 bridgehead atoms. The second-order valence-corrected chi connectivity index (χ2v) is 8.79. The van der Waals surface area contributed by atoms with Gasteiger partial charge in [0.2, 0.25) is 6.79 Å². The third kappa shape index (κ3) is 6.54. The highest BCUT2D eigenvalue weighted by atomic mass is 32.2. The monoisotopic (exact) mass is 416 g/mol. The molecule has 2 heterocycles. The first-order valence-corrected chi connectivity index (χ1v) is 10.5. The molecule has 0 unspecified atom stereocenters. The summed E-state index contributed by atoms with van der Waals surface area (Å²) in [6, 6.07) is 4.40. The van der Waals surface area contributed by atoms with E-state index in [4.69, 9.17) is 18.9 Å². The quantitative estimate of drug-likeness (QED) is 0.798. The van der Waals surface area contributed by atoms with Crippen LogP contribution in [-0.4, -0.2) is 64.7 Å². The predicted molar refractivity (Wildman–Crippen MR) is 102 cm³/mol. The number of fused-ring (bicyclic) bond motifs is 1. The predicted octanol–water partition coefficient (Wildman–Crippen LogP) is 1.97. The normalized spacial score (nSPS) is 16.7. The lowest BCUT2D eigenvalue weighted by Gasteiger charge is -2.24. The number of likely N-dealkylation sites (N-methyl/N-ethyl adjacent to an activating group) is 1. The van der Waals surface area contributed by atoms with Crippen molar-refractivity contribution in [1.29, 1.82) is 0 Å². The maximum absolute atomic E-state index is 12.1. The summed E-state index contributed by atoms with van der Waals surface area (Å²) in [6.07, 6.45) is -1.05. The molecule has 0 radical (unpaired) electrons. The summed E-state index contributed by atoms with van der Waals surface area (Å²) >= 11 is 0. The Bertz CT molecular complexity index is 769. The van der Waals surface area contributed by atoms with Crippen LogP contribution in [0.5, 0.6) is 11.5 Å². The summed E-state index contributed by atoms with van der Waals surface area (Å²) in [5.74, 6) is 0.403. The minimum Gasteiger partial charge on any atom is -0.454 e. The van der Waals surface area contributed by atoms with E-state index in [0.717, 1.165) is 26.3 Å². The van der Waals surface area contributed by atoms with Crippen molar-refractivity contribution in [3.05, 3.63) is 18.2 Å². The van der Waals surface area contributed by atoms with Crippen LogP contribution >= 0.6 is 0 Å². The van der Waals surface area contributed by atoms with Crippen molar-refractivity contribution in [3.63, 3.8) is 0 Å². The molecule has 3 rings (SSSR count). The van der Waals surface area contributed by atoms with Crippen LogP contribution in [0.1, 0.15) is 27.7 Å². The molecule has 1 aromatic rings. The van der Waals surface area contributed by atoms with Crippen molar-refractivity contribution in [1.82, 2.24) is 9.62 Å². The van der Waals surface area contributed by atoms with E-state index in [9.17, 15) is 13.2 Å². The number of benzene rings is 1. The highest BCUT2D eigenvalue weighted by Gasteiger charge is 2.29. The largest absolute Gasteiger partial charge is 0.454 e. The van der Waals surface area contributed by atoms with E-state index in [1.807, 2.05) is 4.72 Å². The summed E-state index contributed by atoms with van der Waals surface area (Å²) < 4.78 is 46.4. The van der Waals surface area contributed by atoms with Crippen LogP contribution in [0.25, 0.3) is 0 Å². The lowest BCUT2D eigenvalue weighted by atomic mass is 10.2. The topological polar surface area (TPSA) is 103 Å². The molecule has 0 atom stereocenters. The van der Waals surface area contributed by atoms with E-state index < -0.39 is 21.7 Å². The smallest absolute Gasteiger partial charge is 0.421 e. The number of hydrogen-bond acceptors (Lipinski definition) is 8. The molecule has 2 aliphatic rings. The maximum atomic E-state index is 12.1. The number of nitrogens with zero attached hydrogens (tertiary/aromatic N) is 1. The molecule has 158 valence electrons. The van der Waals surface area contributed by atoms with Crippen molar-refractivity contribution in [2.24, 2.45) is 0 Å². The van der Waals surface area contributed by atoms with Crippen LogP contribution in [0.2, 0.25) is 0 Å². The molecule has 1 fully saturated rings. The van der Waals surface area contributed by atoms with E-state index in [2.05, 4.69) is 11.8 Å². The number of para-hydroxylation sites is 1. The van der Waals surface area contributed by atoms with E-state index in [1.165, 1.54) is 18.7 Å². The lowest BCUT2D eigenvalue weighted by Crippen LogP contribution is -2.36. The minimum absolute atomic E-state index is 0.0612. The van der Waals surface area contributed by atoms with Gasteiger partial charge >= 0.3 is 6.09 Å². The Morgan fingerprint density at radius 2 is 1.89 bits per heavy atom. The molecule has 0 spiro atoms. The zero-order valence-corrected chi connectivity index (χ0v) is 17.5. The minimum atomic E-state index is -4.09. The number of nitrogens with one attached hydrogen (secondary N) is 1. The van der Waals surface area contributed by atoms with Crippen LogP contribution in [-0.2, 0) is 19.5 Å². The van der Waals surface area contributed by atoms with Crippen molar-refractivity contribution in [2.75, 3.05) is 39.6 Å². The Balaban J connectivity index is 0.000000292. The summed E-state index contributed by atoms with van der Waals surface area (Å²) in [5, 5.41) is 0. The van der Waals surface area contributed by atoms with Gasteiger partial charge in [-0.25, -0.2) is 17.9 Å². The van der Waals surface area contributed by atoms with Crippen molar-refractivity contribution < 1.29 is 32.2 Å². The van der Waals surface area contributed by atoms with Gasteiger partial charge in [0.25, 0.3) is 10.0 Å². The summed E-state index contributed by atoms with van der Waals surface area (Å²) in [4.78, 5) is 13.8. The molecule has 1 saturated heterocycles. The van der Waals surface area contributed by atoms with Gasteiger partial charge in [0.1, 0.15) is 10.5 Å². The maximum Gasteiger partial charge on any atom is 0.421 e. The van der Waals surface area contributed by atoms with Crippen LogP contribution < -0.4 is 14.2 Å². The molecular weight excluding hydrogens is 388 g/mol. The SMILES string of the molecule is CC(C)(C)OC(=O)NS(=O)(=O)c1cccc2c1OCO2.CCN1CCOCC1. The Labute approximate surface area is 165 Å². The third-order valence-electron chi connectivity index (χ3n) is 3.82. The van der Waals surface area contributed by atoms with Crippen molar-refractivity contribution >= 4 is 16.1 Å². The molecular formula is C18H28N2O7S. The fraction of sp³-hybridized carbons (Fsp3) is 0.611. The van der Waals surface area contributed by atoms with E-state index in [1.54, 1.807) is 26.8 Å². The fourth-order valence-corrected chi connectivity index (χ4v) is 3.53. The Morgan fingerprint density at radius 3 is 2.46 bits per heavy atom. The zero-order valence-electron chi connectivity index (χ0n) is 16.7. The zero-order chi connectivity index (χ0) is 20.8. The van der Waals surface area contributed by atoms with Crippen LogP contribution in [0.3, 0.4) is 0 Å². The molecule has 1 aromatic carbocycles. The number of sulfonamides is 1. The van der Waals surface area contributed by atoms with Gasteiger partial charge in [-0.05, 0) is 39.4 Å². The number of rotatable bonds is 3. The van der Waals surface area contributed by atoms with Gasteiger partial charge in [-0.2, -0.15) is 0 Å². The Hall–Kier alpha value is -2.04. The van der Waals surface area contributed by atoms with Crippen molar-refractivity contribution in [2.45, 2.75) is 38.2 Å². The summed E-state index contributed by atoms with van der Waals surface area (Å²) in [6.45, 7) is 12.3. The second kappa shape index (κ2) is 9.44. The molecule has 0 aromatic heterocycles. The van der Waals surface area contributed by atoms with Gasteiger partial charge in [0, 0.05) is 13.1 Å². The molecule has 28 heavy (non-hydrogen) atoms. The van der Waals surface area contributed by atoms with Gasteiger partial charge in [0.05, 0.1) is 13.2 Å². The van der Waals surface area contributed by atoms with Gasteiger partial charge in [0.15, 0.2) is 11.5 Å². The molecule has 9 nitrogen and oxygen atoms in total. The number of ether oxygens (including phenoxy) is 4. The van der Waals surface area contributed by atoms with Gasteiger partial charge < -0.3 is 18.9 Å². The van der Waals surface area contributed by atoms with E-state index >= 15 is 0 Å². The summed E-state index contributed by atoms with van der Waals surface area (Å²) in [7, 11) is -4.09. The Morgan fingerprint density at radius 1 is 1.21 bits per heavy atom. The van der Waals surface area contributed by atoms with Gasteiger partial charge in [-0.15, -0.1) is 0 Å². The van der Waals surface area contributed by atoms with Crippen LogP contribution in [0.15, 0.2) is 23.1 Å².